The number of benzene rings is 1. The number of hydrogen-bond donors (Lipinski definition) is 1. The number of carbonyl (C=O) groups excluding carboxylic acids is 1. The highest BCUT2D eigenvalue weighted by Gasteiger charge is 2.37. The normalized spacial score (nSPS) is 19.0. The summed E-state index contributed by atoms with van der Waals surface area (Å²) in [5.74, 6) is 1.62. The maximum absolute atomic E-state index is 12.7. The number of carbonyl (C=O) groups is 1. The molecule has 2 aliphatic rings. The van der Waals surface area contributed by atoms with E-state index in [2.05, 4.69) is 20.1 Å². The fourth-order valence-electron chi connectivity index (χ4n) is 3.14. The van der Waals surface area contributed by atoms with Gasteiger partial charge in [0.2, 0.25) is 5.91 Å². The molecule has 1 aromatic carbocycles. The van der Waals surface area contributed by atoms with Gasteiger partial charge in [-0.15, -0.1) is 10.2 Å². The molecule has 1 amide bonds. The van der Waals surface area contributed by atoms with Gasteiger partial charge in [0.05, 0.1) is 11.3 Å². The van der Waals surface area contributed by atoms with Gasteiger partial charge in [-0.2, -0.15) is 0 Å². The van der Waals surface area contributed by atoms with E-state index in [4.69, 9.17) is 23.2 Å². The molecule has 0 bridgehead atoms. The average molecular weight is 425 g/mol. The van der Waals surface area contributed by atoms with Crippen LogP contribution in [0, 0.1) is 0 Å². The maximum atomic E-state index is 12.7. The number of halogens is 2. The smallest absolute Gasteiger partial charge is 0.233 e. The maximum Gasteiger partial charge on any atom is 0.233 e. The molecule has 5 nitrogen and oxygen atoms in total. The molecule has 1 heterocycles. The van der Waals surface area contributed by atoms with E-state index in [1.165, 1.54) is 37.4 Å². The third-order valence-electron chi connectivity index (χ3n) is 4.98. The van der Waals surface area contributed by atoms with E-state index < -0.39 is 0 Å². The van der Waals surface area contributed by atoms with Crippen LogP contribution in [0.2, 0.25) is 10.0 Å². The van der Waals surface area contributed by atoms with E-state index in [-0.39, 0.29) is 17.2 Å². The second-order valence-corrected chi connectivity index (χ2v) is 9.52. The molecule has 0 radical (unpaired) electrons. The number of nitrogens with one attached hydrogen (secondary N) is 1. The van der Waals surface area contributed by atoms with Gasteiger partial charge in [-0.25, -0.2) is 0 Å². The van der Waals surface area contributed by atoms with Crippen molar-refractivity contribution in [3.05, 3.63) is 39.6 Å². The summed E-state index contributed by atoms with van der Waals surface area (Å²) in [6.45, 7) is 3.82. The summed E-state index contributed by atoms with van der Waals surface area (Å²) in [5, 5.41) is 13.6. The van der Waals surface area contributed by atoms with Crippen LogP contribution in [0.4, 0.5) is 0 Å². The summed E-state index contributed by atoms with van der Waals surface area (Å²) in [6, 6.07) is 5.63. The number of hydrogen-bond acceptors (Lipinski definition) is 4. The van der Waals surface area contributed by atoms with E-state index in [1.54, 1.807) is 12.1 Å². The number of amides is 1. The number of nitrogens with zero attached hydrogens (tertiary/aromatic N) is 3. The van der Waals surface area contributed by atoms with Crippen molar-refractivity contribution in [3.63, 3.8) is 0 Å². The zero-order valence-electron chi connectivity index (χ0n) is 15.3. The quantitative estimate of drug-likeness (QED) is 0.623. The van der Waals surface area contributed by atoms with Gasteiger partial charge in [-0.3, -0.25) is 4.79 Å². The highest BCUT2D eigenvalue weighted by atomic mass is 35.5. The van der Waals surface area contributed by atoms with Gasteiger partial charge >= 0.3 is 0 Å². The zero-order chi connectivity index (χ0) is 19.1. The number of rotatable bonds is 7. The van der Waals surface area contributed by atoms with Crippen molar-refractivity contribution in [1.29, 1.82) is 0 Å². The molecule has 1 aromatic heterocycles. The van der Waals surface area contributed by atoms with E-state index in [0.717, 1.165) is 16.5 Å². The number of thioether (sulfide) groups is 1. The Kier molecular flexibility index (Phi) is 5.41. The summed E-state index contributed by atoms with van der Waals surface area (Å²) in [6.07, 6.45) is 4.76. The van der Waals surface area contributed by atoms with Crippen LogP contribution in [0.1, 0.15) is 68.9 Å². The highest BCUT2D eigenvalue weighted by molar-refractivity contribution is 8.00. The molecule has 2 unspecified atom stereocenters. The van der Waals surface area contributed by atoms with Crippen LogP contribution in [0.3, 0.4) is 0 Å². The van der Waals surface area contributed by atoms with Gasteiger partial charge in [0.15, 0.2) is 5.16 Å². The van der Waals surface area contributed by atoms with Crippen molar-refractivity contribution in [3.8, 4) is 0 Å². The van der Waals surface area contributed by atoms with Crippen molar-refractivity contribution in [2.24, 2.45) is 0 Å². The first-order valence-corrected chi connectivity index (χ1v) is 10.9. The molecule has 2 atom stereocenters. The van der Waals surface area contributed by atoms with Gasteiger partial charge in [0.25, 0.3) is 0 Å². The van der Waals surface area contributed by atoms with E-state index in [0.29, 0.717) is 22.0 Å². The summed E-state index contributed by atoms with van der Waals surface area (Å²) < 4.78 is 2.27. The van der Waals surface area contributed by atoms with Crippen LogP contribution >= 0.6 is 35.0 Å². The monoisotopic (exact) mass is 424 g/mol. The summed E-state index contributed by atoms with van der Waals surface area (Å²) in [7, 11) is 0. The predicted octanol–water partition coefficient (Wildman–Crippen LogP) is 5.16. The van der Waals surface area contributed by atoms with E-state index in [9.17, 15) is 4.79 Å². The molecule has 144 valence electrons. The lowest BCUT2D eigenvalue weighted by molar-refractivity contribution is -0.120. The molecule has 27 heavy (non-hydrogen) atoms. The molecule has 0 spiro atoms. The average Bonchev–Trinajstić information content (AvgIpc) is 3.53. The molecule has 0 aliphatic heterocycles. The molecule has 0 saturated heterocycles. The minimum Gasteiger partial charge on any atom is -0.349 e. The van der Waals surface area contributed by atoms with Crippen LogP contribution in [-0.4, -0.2) is 25.9 Å². The fraction of sp³-hybridized carbons (Fsp3) is 0.526. The topological polar surface area (TPSA) is 59.8 Å². The lowest BCUT2D eigenvalue weighted by atomic mass is 10.1. The first-order chi connectivity index (χ1) is 12.9. The molecule has 8 heteroatoms. The lowest BCUT2D eigenvalue weighted by Crippen LogP contribution is -2.33. The second-order valence-electron chi connectivity index (χ2n) is 7.37. The minimum absolute atomic E-state index is 0.0446. The van der Waals surface area contributed by atoms with Crippen LogP contribution in [0.15, 0.2) is 23.4 Å². The Morgan fingerprint density at radius 3 is 2.59 bits per heavy atom. The molecular formula is C19H22Cl2N4OS. The van der Waals surface area contributed by atoms with Crippen LogP contribution in [0.25, 0.3) is 0 Å². The third-order valence-corrected chi connectivity index (χ3v) is 6.60. The Morgan fingerprint density at radius 1 is 1.22 bits per heavy atom. The summed E-state index contributed by atoms with van der Waals surface area (Å²) in [5.41, 5.74) is 0.851. The molecule has 4 rings (SSSR count). The van der Waals surface area contributed by atoms with Crippen molar-refractivity contribution < 1.29 is 4.79 Å². The van der Waals surface area contributed by atoms with Gasteiger partial charge in [0.1, 0.15) is 5.82 Å². The van der Waals surface area contributed by atoms with Crippen molar-refractivity contribution in [2.75, 3.05) is 0 Å². The van der Waals surface area contributed by atoms with Crippen molar-refractivity contribution in [2.45, 2.75) is 67.9 Å². The predicted molar refractivity (Wildman–Crippen MR) is 109 cm³/mol. The fourth-order valence-corrected chi connectivity index (χ4v) is 4.64. The SMILES string of the molecule is CC(Sc1nnc(C2CC2)n1C1CC1)C(=O)NC(C)c1ccc(Cl)cc1Cl. The molecule has 2 saturated carbocycles. The molecule has 2 aromatic rings. The molecule has 2 fully saturated rings. The van der Waals surface area contributed by atoms with Gasteiger partial charge in [-0.1, -0.05) is 41.0 Å². The van der Waals surface area contributed by atoms with Crippen molar-refractivity contribution >= 4 is 40.9 Å². The Bertz CT molecular complexity index is 863. The third kappa shape index (κ3) is 4.28. The van der Waals surface area contributed by atoms with E-state index in [1.807, 2.05) is 19.9 Å². The standard InChI is InChI=1S/C19H22Cl2N4OS/c1-10(15-8-5-13(20)9-16(15)21)22-18(26)11(2)27-19-24-23-17(12-3-4-12)25(19)14-6-7-14/h5,8-12,14H,3-4,6-7H2,1-2H3,(H,22,26). The zero-order valence-corrected chi connectivity index (χ0v) is 17.6. The summed E-state index contributed by atoms with van der Waals surface area (Å²) in [4.78, 5) is 12.7. The Hall–Kier alpha value is -1.24. The number of aromatic nitrogens is 3. The van der Waals surface area contributed by atoms with E-state index >= 15 is 0 Å². The van der Waals surface area contributed by atoms with Gasteiger partial charge in [-0.05, 0) is 57.2 Å². The van der Waals surface area contributed by atoms with Gasteiger partial charge < -0.3 is 9.88 Å². The minimum atomic E-state index is -0.271. The van der Waals surface area contributed by atoms with Crippen LogP contribution < -0.4 is 5.32 Å². The molecule has 2 aliphatic carbocycles. The molecule has 1 N–H and O–H groups in total. The Balaban J connectivity index is 1.42. The van der Waals surface area contributed by atoms with Gasteiger partial charge in [0, 0.05) is 22.0 Å². The Labute approximate surface area is 173 Å². The van der Waals surface area contributed by atoms with Crippen LogP contribution in [0.5, 0.6) is 0 Å². The molecular weight excluding hydrogens is 403 g/mol. The largest absolute Gasteiger partial charge is 0.349 e. The van der Waals surface area contributed by atoms with Crippen LogP contribution in [-0.2, 0) is 4.79 Å². The van der Waals surface area contributed by atoms with Crippen molar-refractivity contribution in [1.82, 2.24) is 20.1 Å². The lowest BCUT2D eigenvalue weighted by Gasteiger charge is -2.19. The first kappa shape index (κ1) is 19.1. The Morgan fingerprint density at radius 2 is 1.96 bits per heavy atom. The first-order valence-electron chi connectivity index (χ1n) is 9.30. The highest BCUT2D eigenvalue weighted by Crippen LogP contribution is 2.46. The summed E-state index contributed by atoms with van der Waals surface area (Å²) >= 11 is 13.7. The second kappa shape index (κ2) is 7.64.